The molecule has 2 N–H and O–H groups in total. The molecule has 0 aliphatic carbocycles. The van der Waals surface area contributed by atoms with Gasteiger partial charge in [0, 0.05) is 5.56 Å². The van der Waals surface area contributed by atoms with Crippen LogP contribution < -0.4 is 4.74 Å². The van der Waals surface area contributed by atoms with Crippen molar-refractivity contribution >= 4 is 143 Å². The fourth-order valence-electron chi connectivity index (χ4n) is 3.93. The van der Waals surface area contributed by atoms with E-state index in [1.54, 1.807) is 12.1 Å². The first-order chi connectivity index (χ1) is 15.4. The first-order valence-electron chi connectivity index (χ1n) is 8.63. The number of aromatic hydroxyl groups is 2. The minimum Gasteiger partial charge on any atom is -0.506 e. The fourth-order valence-corrected chi connectivity index (χ4v) is 8.57. The topological polar surface area (TPSA) is 76.0 Å². The number of benzene rings is 3. The summed E-state index contributed by atoms with van der Waals surface area (Å²) in [5, 5.41) is 21.0. The molecule has 2 aliphatic rings. The zero-order chi connectivity index (χ0) is 24.1. The van der Waals surface area contributed by atoms with Crippen molar-refractivity contribution in [1.82, 2.24) is 0 Å². The number of rotatable bonds is 0. The molecule has 5 nitrogen and oxygen atoms in total. The Balaban J connectivity index is 2.05. The molecule has 0 fully saturated rings. The van der Waals surface area contributed by atoms with E-state index >= 15 is 0 Å². The van der Waals surface area contributed by atoms with Crippen LogP contribution in [0.3, 0.4) is 0 Å². The van der Waals surface area contributed by atoms with E-state index in [1.807, 2.05) is 90.4 Å². The summed E-state index contributed by atoms with van der Waals surface area (Å²) in [6.45, 7) is 0. The van der Waals surface area contributed by atoms with E-state index in [1.165, 1.54) is 0 Å². The molecule has 0 unspecified atom stereocenters. The summed E-state index contributed by atoms with van der Waals surface area (Å²) in [6.07, 6.45) is 0. The van der Waals surface area contributed by atoms with Gasteiger partial charge in [-0.1, -0.05) is 46.4 Å². The van der Waals surface area contributed by atoms with Crippen molar-refractivity contribution in [2.45, 2.75) is 5.60 Å². The second-order valence-corrected chi connectivity index (χ2v) is 13.0. The Kier molecular flexibility index (Phi) is 6.57. The van der Waals surface area contributed by atoms with Crippen LogP contribution in [0.2, 0.25) is 20.1 Å². The van der Waals surface area contributed by atoms with Gasteiger partial charge in [0.25, 0.3) is 0 Å². The molecule has 33 heavy (non-hydrogen) atoms. The van der Waals surface area contributed by atoms with Gasteiger partial charge in [0.05, 0.1) is 51.1 Å². The highest BCUT2D eigenvalue weighted by atomic mass is 131. The molecule has 5 rings (SSSR count). The van der Waals surface area contributed by atoms with Gasteiger partial charge in [0.15, 0.2) is 17.1 Å². The van der Waals surface area contributed by atoms with Crippen molar-refractivity contribution in [2.24, 2.45) is 0 Å². The molecule has 3 aromatic rings. The van der Waals surface area contributed by atoms with Crippen molar-refractivity contribution in [3.63, 3.8) is 0 Å². The number of hydrogen-bond donors (Lipinski definition) is 2. The molecular weight excluding hydrogens is 978 g/mol. The Morgan fingerprint density at radius 3 is 1.76 bits per heavy atom. The molecule has 0 saturated heterocycles. The maximum absolute atomic E-state index is 13.3. The van der Waals surface area contributed by atoms with Gasteiger partial charge >= 0.3 is 5.97 Å². The summed E-state index contributed by atoms with van der Waals surface area (Å²) >= 11 is 33.7. The second kappa shape index (κ2) is 8.58. The zero-order valence-electron chi connectivity index (χ0n) is 15.3. The van der Waals surface area contributed by atoms with Gasteiger partial charge in [-0.3, -0.25) is 0 Å². The van der Waals surface area contributed by atoms with Crippen molar-refractivity contribution in [3.8, 4) is 23.0 Å². The van der Waals surface area contributed by atoms with Crippen LogP contribution in [0.25, 0.3) is 0 Å². The lowest BCUT2D eigenvalue weighted by Gasteiger charge is -2.38. The molecule has 0 aromatic heterocycles. The molecule has 13 heteroatoms. The molecule has 1 spiro atoms. The summed E-state index contributed by atoms with van der Waals surface area (Å²) in [5.41, 5.74) is -0.574. The maximum Gasteiger partial charge on any atom is 0.341 e. The molecule has 0 radical (unpaired) electrons. The largest absolute Gasteiger partial charge is 0.506 e. The van der Waals surface area contributed by atoms with Crippen molar-refractivity contribution < 1.29 is 24.5 Å². The van der Waals surface area contributed by atoms with Gasteiger partial charge in [-0.25, -0.2) is 4.79 Å². The van der Waals surface area contributed by atoms with Crippen LogP contribution in [0.4, 0.5) is 0 Å². The summed E-state index contributed by atoms with van der Waals surface area (Å²) in [4.78, 5) is 13.3. The van der Waals surface area contributed by atoms with Crippen LogP contribution in [0.1, 0.15) is 27.0 Å². The number of ether oxygens (including phenoxy) is 2. The van der Waals surface area contributed by atoms with E-state index in [0.717, 1.165) is 0 Å². The third-order valence-corrected chi connectivity index (χ3v) is 10.8. The van der Waals surface area contributed by atoms with Crippen LogP contribution in [0, 0.1) is 14.3 Å². The van der Waals surface area contributed by atoms with Crippen LogP contribution in [0.5, 0.6) is 23.0 Å². The highest BCUT2D eigenvalue weighted by molar-refractivity contribution is 14.1. The average molecular weight is 982 g/mol. The number of fused-ring (bicyclic) bond motifs is 6. The Morgan fingerprint density at radius 1 is 0.818 bits per heavy atom. The standard InChI is InChI=1S/C20H4Cl4I4O5/c21-9-7-8(10(22)12(24)11(9)23)20(33-19(7)31)3-1-5(25)15(29)13(27)17(3)32-18-4(20)2-6(26)16(30)14(18)28/h1-2,29-30H/i25+4,26+4. The number of halogens is 8. The predicted molar refractivity (Wildman–Crippen MR) is 159 cm³/mol. The highest BCUT2D eigenvalue weighted by Crippen LogP contribution is 2.63. The van der Waals surface area contributed by atoms with E-state index in [0.29, 0.717) is 25.4 Å². The summed E-state index contributed by atoms with van der Waals surface area (Å²) in [7, 11) is 0. The molecule has 2 heterocycles. The average Bonchev–Trinajstić information content (AvgIpc) is 3.08. The third-order valence-electron chi connectivity index (χ3n) is 5.33. The first-order valence-corrected chi connectivity index (χ1v) is 14.5. The molecule has 0 amide bonds. The lowest BCUT2D eigenvalue weighted by molar-refractivity contribution is 0.0223. The Morgan fingerprint density at radius 2 is 1.27 bits per heavy atom. The monoisotopic (exact) mass is 980 g/mol. The number of phenolic OH excluding ortho intramolecular Hbond substituents is 2. The molecule has 2 aliphatic heterocycles. The van der Waals surface area contributed by atoms with Gasteiger partial charge < -0.3 is 19.7 Å². The van der Waals surface area contributed by atoms with Gasteiger partial charge in [0.1, 0.15) is 11.5 Å². The normalized spacial score (nSPS) is 15.1. The second-order valence-electron chi connectivity index (χ2n) is 6.97. The Labute approximate surface area is 261 Å². The molecule has 0 atom stereocenters. The number of hydrogen-bond acceptors (Lipinski definition) is 5. The molecular formula is C20H4Cl4I4O5. The van der Waals surface area contributed by atoms with Crippen LogP contribution in [-0.4, -0.2) is 16.2 Å². The quantitative estimate of drug-likeness (QED) is 0.102. The van der Waals surface area contributed by atoms with Crippen LogP contribution >= 0.6 is 137 Å². The molecule has 0 bridgehead atoms. The zero-order valence-corrected chi connectivity index (χ0v) is 27.0. The fraction of sp³-hybridized carbons (Fsp3) is 0.0500. The minimum absolute atomic E-state index is 0.00102. The SMILES string of the molecule is O=C1OC2(c3cc([131I])c(O)c(I)c3Oc3c2cc([131I])c(O)c3I)c2c(Cl)c(Cl)c(Cl)c(Cl)c21. The van der Waals surface area contributed by atoms with Crippen molar-refractivity contribution in [3.05, 3.63) is 68.8 Å². The van der Waals surface area contributed by atoms with Gasteiger partial charge in [-0.15, -0.1) is 0 Å². The van der Waals surface area contributed by atoms with E-state index in [2.05, 4.69) is 0 Å². The smallest absolute Gasteiger partial charge is 0.341 e. The summed E-state index contributed by atoms with van der Waals surface area (Å²) in [5.74, 6) is -0.246. The van der Waals surface area contributed by atoms with Gasteiger partial charge in [-0.05, 0) is 102 Å². The van der Waals surface area contributed by atoms with E-state index in [-0.39, 0.29) is 54.2 Å². The summed E-state index contributed by atoms with van der Waals surface area (Å²) in [6, 6.07) is 3.30. The van der Waals surface area contributed by atoms with Crippen LogP contribution in [-0.2, 0) is 10.3 Å². The van der Waals surface area contributed by atoms with Gasteiger partial charge in [0.2, 0.25) is 0 Å². The Bertz CT molecular complexity index is 1400. The molecule has 0 saturated carbocycles. The Hall–Kier alpha value is 0.610. The molecule has 170 valence electrons. The van der Waals surface area contributed by atoms with Gasteiger partial charge in [-0.2, -0.15) is 0 Å². The number of carbonyl (C=O) groups excluding carboxylic acids is 1. The summed E-state index contributed by atoms with van der Waals surface area (Å²) < 4.78 is 14.1. The van der Waals surface area contributed by atoms with E-state index in [4.69, 9.17) is 55.9 Å². The lowest BCUT2D eigenvalue weighted by Crippen LogP contribution is -2.34. The minimum atomic E-state index is -1.62. The third kappa shape index (κ3) is 3.34. The number of phenols is 2. The lowest BCUT2D eigenvalue weighted by atomic mass is 9.77. The highest BCUT2D eigenvalue weighted by Gasteiger charge is 2.58. The van der Waals surface area contributed by atoms with E-state index < -0.39 is 11.6 Å². The number of esters is 1. The van der Waals surface area contributed by atoms with E-state index in [9.17, 15) is 15.0 Å². The first kappa shape index (κ1) is 25.3. The number of carbonyl (C=O) groups is 1. The molecule has 3 aromatic carbocycles. The van der Waals surface area contributed by atoms with Crippen LogP contribution in [0.15, 0.2) is 12.1 Å². The maximum atomic E-state index is 13.3. The van der Waals surface area contributed by atoms with Crippen molar-refractivity contribution in [2.75, 3.05) is 0 Å². The predicted octanol–water partition coefficient (Wildman–Crippen LogP) is 8.70. The van der Waals surface area contributed by atoms with Crippen molar-refractivity contribution in [1.29, 1.82) is 0 Å².